The Kier molecular flexibility index (Phi) is 6.71. The van der Waals surface area contributed by atoms with E-state index in [2.05, 4.69) is 47.7 Å². The van der Waals surface area contributed by atoms with E-state index >= 15 is 0 Å². The molecule has 36 heavy (non-hydrogen) atoms. The topological polar surface area (TPSA) is 88.6 Å². The van der Waals surface area contributed by atoms with E-state index in [1.165, 1.54) is 30.5 Å². The van der Waals surface area contributed by atoms with E-state index < -0.39 is 5.91 Å². The lowest BCUT2D eigenvalue weighted by Gasteiger charge is -2.07. The summed E-state index contributed by atoms with van der Waals surface area (Å²) in [6.45, 7) is 0.0432. The summed E-state index contributed by atoms with van der Waals surface area (Å²) < 4.78 is 22.1. The summed E-state index contributed by atoms with van der Waals surface area (Å²) in [6, 6.07) is 18.4. The molecule has 180 valence electrons. The zero-order valence-corrected chi connectivity index (χ0v) is 21.6. The SMILES string of the molecule is O=C(Cn1cc(/C=N\NC(=O)c2cc3cc(Br)cc(Br)c3o2)c2ccccc21)Nc1ccc(F)cc1. The Balaban J connectivity index is 1.32. The van der Waals surface area contributed by atoms with Crippen molar-refractivity contribution in [1.29, 1.82) is 0 Å². The number of hydrogen-bond donors (Lipinski definition) is 2. The summed E-state index contributed by atoms with van der Waals surface area (Å²) in [5.74, 6) is -1.00. The Morgan fingerprint density at radius 1 is 1.06 bits per heavy atom. The van der Waals surface area contributed by atoms with Crippen LogP contribution in [0.1, 0.15) is 16.1 Å². The summed E-state index contributed by atoms with van der Waals surface area (Å²) >= 11 is 6.84. The van der Waals surface area contributed by atoms with Crippen LogP contribution in [0.5, 0.6) is 0 Å². The third-order valence-corrected chi connectivity index (χ3v) is 6.44. The van der Waals surface area contributed by atoms with Gasteiger partial charge in [-0.15, -0.1) is 0 Å². The van der Waals surface area contributed by atoms with Crippen molar-refractivity contribution in [2.24, 2.45) is 5.10 Å². The molecule has 5 aromatic rings. The number of furan rings is 1. The van der Waals surface area contributed by atoms with Gasteiger partial charge >= 0.3 is 5.91 Å². The third kappa shape index (κ3) is 5.09. The molecule has 2 N–H and O–H groups in total. The van der Waals surface area contributed by atoms with E-state index in [9.17, 15) is 14.0 Å². The van der Waals surface area contributed by atoms with Gasteiger partial charge in [0.1, 0.15) is 17.9 Å². The molecular formula is C26H17Br2FN4O3. The summed E-state index contributed by atoms with van der Waals surface area (Å²) in [6.07, 6.45) is 3.30. The van der Waals surface area contributed by atoms with Crippen molar-refractivity contribution in [3.8, 4) is 0 Å². The second-order valence-electron chi connectivity index (χ2n) is 7.90. The number of rotatable bonds is 6. The average molecular weight is 612 g/mol. The Labute approximate surface area is 221 Å². The molecule has 0 spiro atoms. The Morgan fingerprint density at radius 2 is 1.83 bits per heavy atom. The third-order valence-electron chi connectivity index (χ3n) is 5.39. The Morgan fingerprint density at radius 3 is 2.64 bits per heavy atom. The standard InChI is InChI=1S/C26H17Br2FN4O3/c27-17-9-15-10-23(36-25(15)21(28)11-17)26(35)32-30-12-16-13-33(22-4-2-1-3-20(16)22)14-24(34)31-19-7-5-18(29)6-8-19/h1-13H,14H2,(H,31,34)(H,32,35)/b30-12-. The number of benzene rings is 3. The van der Waals surface area contributed by atoms with Gasteiger partial charge in [0.2, 0.25) is 5.91 Å². The zero-order chi connectivity index (χ0) is 25.2. The first-order chi connectivity index (χ1) is 17.4. The number of carbonyl (C=O) groups excluding carboxylic acids is 2. The normalized spacial score (nSPS) is 11.4. The average Bonchev–Trinajstić information content (AvgIpc) is 3.43. The van der Waals surface area contributed by atoms with Gasteiger partial charge in [0.15, 0.2) is 5.76 Å². The maximum absolute atomic E-state index is 13.1. The molecule has 3 aromatic carbocycles. The van der Waals surface area contributed by atoms with Crippen LogP contribution in [0.15, 0.2) is 91.4 Å². The van der Waals surface area contributed by atoms with Crippen molar-refractivity contribution >= 4 is 77.4 Å². The molecule has 0 unspecified atom stereocenters. The molecule has 2 aromatic heterocycles. The van der Waals surface area contributed by atoms with Crippen LogP contribution in [-0.2, 0) is 11.3 Å². The number of aromatic nitrogens is 1. The molecule has 2 heterocycles. The van der Waals surface area contributed by atoms with Gasteiger partial charge in [-0.05, 0) is 64.5 Å². The quantitative estimate of drug-likeness (QED) is 0.171. The van der Waals surface area contributed by atoms with Crippen LogP contribution >= 0.6 is 31.9 Å². The van der Waals surface area contributed by atoms with Gasteiger partial charge in [0.05, 0.1) is 10.7 Å². The molecule has 0 saturated carbocycles. The molecule has 5 rings (SSSR count). The highest BCUT2D eigenvalue weighted by Gasteiger charge is 2.15. The number of carbonyl (C=O) groups is 2. The van der Waals surface area contributed by atoms with Crippen LogP contribution in [0.3, 0.4) is 0 Å². The van der Waals surface area contributed by atoms with E-state index in [-0.39, 0.29) is 24.0 Å². The highest BCUT2D eigenvalue weighted by atomic mass is 79.9. The number of halogens is 3. The summed E-state index contributed by atoms with van der Waals surface area (Å²) in [7, 11) is 0. The number of para-hydroxylation sites is 1. The van der Waals surface area contributed by atoms with Crippen molar-refractivity contribution in [3.05, 3.63) is 99.0 Å². The molecule has 10 heteroatoms. The molecule has 0 atom stereocenters. The van der Waals surface area contributed by atoms with Crippen LogP contribution in [0.2, 0.25) is 0 Å². The number of fused-ring (bicyclic) bond motifs is 2. The van der Waals surface area contributed by atoms with Gasteiger partial charge in [-0.1, -0.05) is 34.1 Å². The highest BCUT2D eigenvalue weighted by Crippen LogP contribution is 2.31. The zero-order valence-electron chi connectivity index (χ0n) is 18.5. The van der Waals surface area contributed by atoms with Crippen LogP contribution in [0.4, 0.5) is 10.1 Å². The minimum Gasteiger partial charge on any atom is -0.450 e. The smallest absolute Gasteiger partial charge is 0.307 e. The number of hydrogen-bond acceptors (Lipinski definition) is 4. The Hall–Kier alpha value is -3.76. The largest absolute Gasteiger partial charge is 0.450 e. The van der Waals surface area contributed by atoms with Crippen LogP contribution in [0, 0.1) is 5.82 Å². The Bertz CT molecular complexity index is 1640. The molecule has 0 aliphatic carbocycles. The van der Waals surface area contributed by atoms with E-state index in [0.717, 1.165) is 30.8 Å². The van der Waals surface area contributed by atoms with Crippen LogP contribution in [-0.4, -0.2) is 22.6 Å². The molecule has 2 amide bonds. The second kappa shape index (κ2) is 10.1. The van der Waals surface area contributed by atoms with E-state index in [0.29, 0.717) is 11.3 Å². The second-order valence-corrected chi connectivity index (χ2v) is 9.67. The lowest BCUT2D eigenvalue weighted by atomic mass is 10.2. The maximum Gasteiger partial charge on any atom is 0.307 e. The predicted octanol–water partition coefficient (Wildman–Crippen LogP) is 6.45. The van der Waals surface area contributed by atoms with Gasteiger partial charge in [-0.3, -0.25) is 9.59 Å². The molecule has 0 bridgehead atoms. The lowest BCUT2D eigenvalue weighted by molar-refractivity contribution is -0.116. The summed E-state index contributed by atoms with van der Waals surface area (Å²) in [5.41, 5.74) is 5.10. The first-order valence-corrected chi connectivity index (χ1v) is 12.3. The van der Waals surface area contributed by atoms with Crippen LogP contribution < -0.4 is 10.7 Å². The van der Waals surface area contributed by atoms with Gasteiger partial charge in [-0.25, -0.2) is 9.82 Å². The fraction of sp³-hybridized carbons (Fsp3) is 0.0385. The van der Waals surface area contributed by atoms with Gasteiger partial charge in [-0.2, -0.15) is 5.10 Å². The predicted molar refractivity (Wildman–Crippen MR) is 144 cm³/mol. The molecule has 0 radical (unpaired) electrons. The molecule has 0 aliphatic rings. The monoisotopic (exact) mass is 610 g/mol. The lowest BCUT2D eigenvalue weighted by Crippen LogP contribution is -2.18. The molecular weight excluding hydrogens is 595 g/mol. The number of nitrogens with one attached hydrogen (secondary N) is 2. The fourth-order valence-electron chi connectivity index (χ4n) is 3.80. The van der Waals surface area contributed by atoms with Crippen molar-refractivity contribution in [2.75, 3.05) is 5.32 Å². The molecule has 0 fully saturated rings. The fourth-order valence-corrected chi connectivity index (χ4v) is 5.14. The number of nitrogens with zero attached hydrogens (tertiary/aromatic N) is 2. The minimum absolute atomic E-state index is 0.0432. The van der Waals surface area contributed by atoms with Crippen molar-refractivity contribution < 1.29 is 18.4 Å². The molecule has 0 saturated heterocycles. The van der Waals surface area contributed by atoms with E-state index in [4.69, 9.17) is 4.42 Å². The summed E-state index contributed by atoms with van der Waals surface area (Å²) in [5, 5.41) is 8.48. The minimum atomic E-state index is -0.493. The molecule has 0 aliphatic heterocycles. The number of anilines is 1. The summed E-state index contributed by atoms with van der Waals surface area (Å²) in [4.78, 5) is 25.1. The van der Waals surface area contributed by atoms with E-state index in [1.807, 2.05) is 36.4 Å². The first kappa shape index (κ1) is 24.0. The maximum atomic E-state index is 13.1. The van der Waals surface area contributed by atoms with Gasteiger partial charge in [0.25, 0.3) is 0 Å². The number of amides is 2. The van der Waals surface area contributed by atoms with Crippen molar-refractivity contribution in [3.63, 3.8) is 0 Å². The first-order valence-electron chi connectivity index (χ1n) is 10.7. The highest BCUT2D eigenvalue weighted by molar-refractivity contribution is 9.11. The number of hydrazone groups is 1. The van der Waals surface area contributed by atoms with Gasteiger partial charge in [0, 0.05) is 38.2 Å². The molecule has 7 nitrogen and oxygen atoms in total. The van der Waals surface area contributed by atoms with Crippen LogP contribution in [0.25, 0.3) is 21.9 Å². The van der Waals surface area contributed by atoms with Crippen molar-refractivity contribution in [1.82, 2.24) is 9.99 Å². The van der Waals surface area contributed by atoms with Crippen molar-refractivity contribution in [2.45, 2.75) is 6.54 Å². The van der Waals surface area contributed by atoms with E-state index in [1.54, 1.807) is 16.8 Å². The van der Waals surface area contributed by atoms with Gasteiger partial charge < -0.3 is 14.3 Å².